The highest BCUT2D eigenvalue weighted by Crippen LogP contribution is 2.27. The van der Waals surface area contributed by atoms with Crippen LogP contribution in [0.5, 0.6) is 0 Å². The Morgan fingerprint density at radius 1 is 1.21 bits per heavy atom. The summed E-state index contributed by atoms with van der Waals surface area (Å²) in [7, 11) is 4.00. The van der Waals surface area contributed by atoms with Crippen LogP contribution in [0.15, 0.2) is 47.8 Å². The number of rotatable bonds is 6. The molecule has 2 aromatic rings. The standard InChI is InChI=1S/C25H31N5O3/c1-25(2)22(31)21(28-33-25)17-9-11-18(12-10-17)24(32)30(20-8-6-13-26-15-20)23-19(16-29(3)4)7-5-14-27-23/h5,7,9-12,14,20,26H,6,8,13,15-16H2,1-4H3/t20-/m1/s1. The number of carbonyl (C=O) groups is 2. The van der Waals surface area contributed by atoms with Gasteiger partial charge in [-0.25, -0.2) is 4.98 Å². The van der Waals surface area contributed by atoms with Crippen molar-refractivity contribution in [1.29, 1.82) is 0 Å². The summed E-state index contributed by atoms with van der Waals surface area (Å²) in [6.45, 7) is 5.74. The summed E-state index contributed by atoms with van der Waals surface area (Å²) >= 11 is 0. The zero-order valence-corrected chi connectivity index (χ0v) is 19.7. The number of nitrogens with one attached hydrogen (secondary N) is 1. The lowest BCUT2D eigenvalue weighted by Crippen LogP contribution is -2.49. The lowest BCUT2D eigenvalue weighted by Gasteiger charge is -2.35. The van der Waals surface area contributed by atoms with E-state index in [2.05, 4.69) is 20.4 Å². The number of benzene rings is 1. The third-order valence-corrected chi connectivity index (χ3v) is 5.97. The first kappa shape index (κ1) is 23.1. The molecule has 33 heavy (non-hydrogen) atoms. The SMILES string of the molecule is CN(C)Cc1cccnc1N(C(=O)c1ccc(C2=NOC(C)(C)C2=O)cc1)[C@@H]1CCCNC1. The van der Waals surface area contributed by atoms with Crippen LogP contribution in [0, 0.1) is 0 Å². The van der Waals surface area contributed by atoms with Gasteiger partial charge in [0, 0.05) is 36.0 Å². The van der Waals surface area contributed by atoms with Crippen LogP contribution in [0.3, 0.4) is 0 Å². The quantitative estimate of drug-likeness (QED) is 0.730. The number of aromatic nitrogens is 1. The molecule has 1 N–H and O–H groups in total. The fourth-order valence-electron chi connectivity index (χ4n) is 4.22. The van der Waals surface area contributed by atoms with E-state index >= 15 is 0 Å². The highest BCUT2D eigenvalue weighted by molar-refractivity contribution is 6.49. The van der Waals surface area contributed by atoms with Gasteiger partial charge in [-0.3, -0.25) is 14.5 Å². The first-order valence-electron chi connectivity index (χ1n) is 11.3. The van der Waals surface area contributed by atoms with E-state index in [9.17, 15) is 9.59 Å². The molecule has 8 heteroatoms. The van der Waals surface area contributed by atoms with E-state index in [1.54, 1.807) is 44.3 Å². The maximum Gasteiger partial charge on any atom is 0.259 e. The summed E-state index contributed by atoms with van der Waals surface area (Å²) in [6, 6.07) is 10.9. The van der Waals surface area contributed by atoms with Crippen molar-refractivity contribution >= 4 is 23.2 Å². The van der Waals surface area contributed by atoms with Gasteiger partial charge < -0.3 is 15.1 Å². The largest absolute Gasteiger partial charge is 0.381 e. The van der Waals surface area contributed by atoms with Crippen LogP contribution >= 0.6 is 0 Å². The van der Waals surface area contributed by atoms with E-state index in [0.29, 0.717) is 23.5 Å². The molecule has 2 aliphatic heterocycles. The molecule has 0 bridgehead atoms. The highest BCUT2D eigenvalue weighted by Gasteiger charge is 2.40. The van der Waals surface area contributed by atoms with Crippen molar-refractivity contribution in [2.45, 2.75) is 44.9 Å². The first-order valence-corrected chi connectivity index (χ1v) is 11.3. The van der Waals surface area contributed by atoms with Gasteiger partial charge in [-0.2, -0.15) is 0 Å². The molecule has 2 aliphatic rings. The number of carbonyl (C=O) groups excluding carboxylic acids is 2. The van der Waals surface area contributed by atoms with E-state index in [4.69, 9.17) is 4.84 Å². The monoisotopic (exact) mass is 449 g/mol. The molecule has 174 valence electrons. The number of hydrogen-bond acceptors (Lipinski definition) is 7. The number of piperidine rings is 1. The number of hydrogen-bond donors (Lipinski definition) is 1. The molecule has 1 fully saturated rings. The maximum atomic E-state index is 13.8. The fourth-order valence-corrected chi connectivity index (χ4v) is 4.22. The van der Waals surface area contributed by atoms with Gasteiger partial charge in [0.05, 0.1) is 6.04 Å². The molecule has 0 spiro atoms. The topological polar surface area (TPSA) is 87.1 Å². The van der Waals surface area contributed by atoms with Gasteiger partial charge in [0.2, 0.25) is 5.78 Å². The molecule has 1 aromatic carbocycles. The Hall–Kier alpha value is -3.10. The van der Waals surface area contributed by atoms with Crippen molar-refractivity contribution in [2.24, 2.45) is 5.16 Å². The number of Topliss-reactive ketones (excluding diaryl/α,β-unsaturated/α-hetero) is 1. The normalized spacial score (nSPS) is 19.8. The minimum absolute atomic E-state index is 0.0109. The minimum atomic E-state index is -0.962. The summed E-state index contributed by atoms with van der Waals surface area (Å²) in [6.07, 6.45) is 3.65. The van der Waals surface area contributed by atoms with Crippen molar-refractivity contribution in [3.63, 3.8) is 0 Å². The Balaban J connectivity index is 1.66. The van der Waals surface area contributed by atoms with Crippen LogP contribution in [0.4, 0.5) is 5.82 Å². The molecule has 1 aromatic heterocycles. The van der Waals surface area contributed by atoms with Crippen LogP contribution in [0.25, 0.3) is 0 Å². The van der Waals surface area contributed by atoms with Gasteiger partial charge in [0.15, 0.2) is 11.3 Å². The van der Waals surface area contributed by atoms with Gasteiger partial charge in [0.1, 0.15) is 5.82 Å². The predicted octanol–water partition coefficient (Wildman–Crippen LogP) is 2.62. The molecule has 4 rings (SSSR count). The Bertz CT molecular complexity index is 1060. The van der Waals surface area contributed by atoms with Gasteiger partial charge in [0.25, 0.3) is 5.91 Å². The van der Waals surface area contributed by atoms with Gasteiger partial charge >= 0.3 is 0 Å². The molecule has 0 unspecified atom stereocenters. The number of anilines is 1. The fraction of sp³-hybridized carbons (Fsp3) is 0.440. The molecular weight excluding hydrogens is 418 g/mol. The van der Waals surface area contributed by atoms with Crippen LogP contribution in [0.2, 0.25) is 0 Å². The minimum Gasteiger partial charge on any atom is -0.381 e. The Labute approximate surface area is 194 Å². The first-order chi connectivity index (χ1) is 15.8. The van der Waals surface area contributed by atoms with Crippen molar-refractivity contribution in [2.75, 3.05) is 32.1 Å². The van der Waals surface area contributed by atoms with Gasteiger partial charge in [-0.1, -0.05) is 23.4 Å². The average Bonchev–Trinajstić information content (AvgIpc) is 3.08. The molecule has 3 heterocycles. The second-order valence-electron chi connectivity index (χ2n) is 9.35. The van der Waals surface area contributed by atoms with Crippen molar-refractivity contribution in [1.82, 2.24) is 15.2 Å². The number of nitrogens with zero attached hydrogens (tertiary/aromatic N) is 4. The summed E-state index contributed by atoms with van der Waals surface area (Å²) in [4.78, 5) is 40.1. The number of pyridine rings is 1. The van der Waals surface area contributed by atoms with E-state index in [0.717, 1.165) is 31.5 Å². The number of amides is 1. The zero-order valence-electron chi connectivity index (χ0n) is 19.7. The second kappa shape index (κ2) is 9.41. The number of oxime groups is 1. The highest BCUT2D eigenvalue weighted by atomic mass is 16.7. The van der Waals surface area contributed by atoms with Crippen LogP contribution in [-0.4, -0.2) is 66.1 Å². The van der Waals surface area contributed by atoms with Crippen molar-refractivity contribution in [3.8, 4) is 0 Å². The molecule has 0 aliphatic carbocycles. The van der Waals surface area contributed by atoms with E-state index < -0.39 is 5.60 Å². The Morgan fingerprint density at radius 3 is 2.58 bits per heavy atom. The molecular formula is C25H31N5O3. The lowest BCUT2D eigenvalue weighted by atomic mass is 9.95. The van der Waals surface area contributed by atoms with E-state index in [1.165, 1.54) is 0 Å². The summed E-state index contributed by atoms with van der Waals surface area (Å²) in [5.74, 6) is 0.419. The molecule has 1 atom stereocenters. The zero-order chi connectivity index (χ0) is 23.6. The number of ketones is 1. The lowest BCUT2D eigenvalue weighted by molar-refractivity contribution is -0.128. The predicted molar refractivity (Wildman–Crippen MR) is 127 cm³/mol. The Morgan fingerprint density at radius 2 is 1.97 bits per heavy atom. The summed E-state index contributed by atoms with van der Waals surface area (Å²) in [5.41, 5.74) is 1.50. The van der Waals surface area contributed by atoms with E-state index in [1.807, 2.05) is 31.1 Å². The van der Waals surface area contributed by atoms with Gasteiger partial charge in [-0.15, -0.1) is 0 Å². The Kier molecular flexibility index (Phi) is 6.58. The second-order valence-corrected chi connectivity index (χ2v) is 9.35. The average molecular weight is 450 g/mol. The molecule has 1 amide bonds. The smallest absolute Gasteiger partial charge is 0.259 e. The summed E-state index contributed by atoms with van der Waals surface area (Å²) in [5, 5.41) is 7.37. The molecule has 8 nitrogen and oxygen atoms in total. The van der Waals surface area contributed by atoms with E-state index in [-0.39, 0.29) is 23.4 Å². The van der Waals surface area contributed by atoms with Crippen LogP contribution < -0.4 is 10.2 Å². The van der Waals surface area contributed by atoms with Gasteiger partial charge in [-0.05, 0) is 65.5 Å². The van der Waals surface area contributed by atoms with Crippen LogP contribution in [0.1, 0.15) is 48.2 Å². The molecule has 0 saturated carbocycles. The van der Waals surface area contributed by atoms with Crippen molar-refractivity contribution < 1.29 is 14.4 Å². The molecule has 0 radical (unpaired) electrons. The molecule has 1 saturated heterocycles. The summed E-state index contributed by atoms with van der Waals surface area (Å²) < 4.78 is 0. The van der Waals surface area contributed by atoms with Crippen molar-refractivity contribution in [3.05, 3.63) is 59.3 Å². The third kappa shape index (κ3) is 4.82. The maximum absolute atomic E-state index is 13.8. The third-order valence-electron chi connectivity index (χ3n) is 5.97. The van der Waals surface area contributed by atoms with Crippen LogP contribution in [-0.2, 0) is 16.2 Å².